The van der Waals surface area contributed by atoms with E-state index in [4.69, 9.17) is 10.5 Å². The van der Waals surface area contributed by atoms with Crippen LogP contribution in [0.15, 0.2) is 12.5 Å². The van der Waals surface area contributed by atoms with Crippen molar-refractivity contribution in [1.29, 1.82) is 0 Å². The Morgan fingerprint density at radius 2 is 2.39 bits per heavy atom. The minimum atomic E-state index is 0.270. The molecule has 3 rings (SSSR count). The highest BCUT2D eigenvalue weighted by molar-refractivity contribution is 5.10. The van der Waals surface area contributed by atoms with Crippen molar-refractivity contribution < 1.29 is 4.74 Å². The zero-order chi connectivity index (χ0) is 12.5. The van der Waals surface area contributed by atoms with Crippen molar-refractivity contribution in [3.63, 3.8) is 0 Å². The van der Waals surface area contributed by atoms with Gasteiger partial charge in [-0.3, -0.25) is 4.90 Å². The van der Waals surface area contributed by atoms with E-state index in [0.29, 0.717) is 18.6 Å². The van der Waals surface area contributed by atoms with E-state index in [1.807, 2.05) is 12.5 Å². The first kappa shape index (κ1) is 12.1. The fraction of sp³-hybridized carbons (Fsp3) is 0.769. The van der Waals surface area contributed by atoms with E-state index < -0.39 is 0 Å². The Bertz CT molecular complexity index is 401. The Labute approximate surface area is 108 Å². The summed E-state index contributed by atoms with van der Waals surface area (Å²) in [5, 5.41) is 0. The molecule has 2 aliphatic rings. The van der Waals surface area contributed by atoms with E-state index in [-0.39, 0.29) is 6.04 Å². The van der Waals surface area contributed by atoms with Crippen molar-refractivity contribution >= 4 is 0 Å². The van der Waals surface area contributed by atoms with Gasteiger partial charge in [-0.1, -0.05) is 0 Å². The Hall–Kier alpha value is -0.910. The molecule has 1 aliphatic carbocycles. The molecule has 5 heteroatoms. The lowest BCUT2D eigenvalue weighted by molar-refractivity contribution is -0.0223. The summed E-state index contributed by atoms with van der Waals surface area (Å²) in [5.41, 5.74) is 7.29. The molecule has 1 saturated carbocycles. The molecule has 1 aliphatic heterocycles. The minimum Gasteiger partial charge on any atom is -0.379 e. The average molecular weight is 250 g/mol. The SMILES string of the molecule is CC1COCCN1C(CN)c1cncn1C1CC1. The van der Waals surface area contributed by atoms with Gasteiger partial charge in [-0.05, 0) is 19.8 Å². The quantitative estimate of drug-likeness (QED) is 0.864. The summed E-state index contributed by atoms with van der Waals surface area (Å²) in [6.45, 7) is 5.41. The molecule has 2 heterocycles. The summed E-state index contributed by atoms with van der Waals surface area (Å²) in [5.74, 6) is 0. The maximum atomic E-state index is 6.02. The first-order chi connectivity index (χ1) is 8.81. The summed E-state index contributed by atoms with van der Waals surface area (Å²) in [6, 6.07) is 1.36. The molecular weight excluding hydrogens is 228 g/mol. The van der Waals surface area contributed by atoms with Crippen LogP contribution < -0.4 is 5.73 Å². The largest absolute Gasteiger partial charge is 0.379 e. The second-order valence-corrected chi connectivity index (χ2v) is 5.37. The molecule has 5 nitrogen and oxygen atoms in total. The van der Waals surface area contributed by atoms with Crippen molar-refractivity contribution in [2.45, 2.75) is 37.9 Å². The number of morpholine rings is 1. The zero-order valence-electron chi connectivity index (χ0n) is 11.0. The lowest BCUT2D eigenvalue weighted by Gasteiger charge is -2.39. The van der Waals surface area contributed by atoms with Crippen LogP contribution in [0, 0.1) is 0 Å². The Morgan fingerprint density at radius 3 is 3.06 bits per heavy atom. The van der Waals surface area contributed by atoms with Gasteiger partial charge in [0.1, 0.15) is 0 Å². The molecular formula is C13H22N4O. The predicted molar refractivity (Wildman–Crippen MR) is 69.3 cm³/mol. The van der Waals surface area contributed by atoms with Crippen LogP contribution in [0.4, 0.5) is 0 Å². The molecule has 2 N–H and O–H groups in total. The van der Waals surface area contributed by atoms with Crippen LogP contribution in [-0.2, 0) is 4.74 Å². The lowest BCUT2D eigenvalue weighted by Crippen LogP contribution is -2.48. The zero-order valence-corrected chi connectivity index (χ0v) is 11.0. The normalized spacial score (nSPS) is 27.3. The number of nitrogens with two attached hydrogens (primary N) is 1. The maximum absolute atomic E-state index is 6.02. The van der Waals surface area contributed by atoms with Crippen molar-refractivity contribution in [2.24, 2.45) is 5.73 Å². The first-order valence-corrected chi connectivity index (χ1v) is 6.86. The third-order valence-electron chi connectivity index (χ3n) is 4.02. The number of hydrogen-bond donors (Lipinski definition) is 1. The van der Waals surface area contributed by atoms with Gasteiger partial charge in [-0.15, -0.1) is 0 Å². The van der Waals surface area contributed by atoms with Crippen LogP contribution >= 0.6 is 0 Å². The van der Waals surface area contributed by atoms with Gasteiger partial charge in [-0.2, -0.15) is 0 Å². The fourth-order valence-corrected chi connectivity index (χ4v) is 2.86. The smallest absolute Gasteiger partial charge is 0.0951 e. The topological polar surface area (TPSA) is 56.3 Å². The molecule has 2 atom stereocenters. The number of nitrogens with zero attached hydrogens (tertiary/aromatic N) is 3. The molecule has 0 bridgehead atoms. The van der Waals surface area contributed by atoms with Crippen molar-refractivity contribution in [2.75, 3.05) is 26.3 Å². The second-order valence-electron chi connectivity index (χ2n) is 5.37. The van der Waals surface area contributed by atoms with E-state index in [0.717, 1.165) is 19.8 Å². The van der Waals surface area contributed by atoms with Gasteiger partial charge in [0.15, 0.2) is 0 Å². The molecule has 0 spiro atoms. The van der Waals surface area contributed by atoms with E-state index >= 15 is 0 Å². The molecule has 0 amide bonds. The van der Waals surface area contributed by atoms with Crippen LogP contribution in [-0.4, -0.2) is 46.8 Å². The van der Waals surface area contributed by atoms with Gasteiger partial charge in [0.2, 0.25) is 0 Å². The lowest BCUT2D eigenvalue weighted by atomic mass is 10.1. The molecule has 2 fully saturated rings. The molecule has 1 aromatic heterocycles. The summed E-state index contributed by atoms with van der Waals surface area (Å²) >= 11 is 0. The number of aromatic nitrogens is 2. The highest BCUT2D eigenvalue weighted by Gasteiger charge is 2.32. The second kappa shape index (κ2) is 4.99. The Balaban J connectivity index is 1.83. The summed E-state index contributed by atoms with van der Waals surface area (Å²) < 4.78 is 7.83. The average Bonchev–Trinajstić information content (AvgIpc) is 3.12. The van der Waals surface area contributed by atoms with Gasteiger partial charge >= 0.3 is 0 Å². The van der Waals surface area contributed by atoms with Crippen molar-refractivity contribution in [3.8, 4) is 0 Å². The minimum absolute atomic E-state index is 0.270. The number of ether oxygens (including phenoxy) is 1. The standard InChI is InChI=1S/C13H22N4O/c1-10-8-18-5-4-16(10)12(6-14)13-7-15-9-17(13)11-2-3-11/h7,9-12H,2-6,8,14H2,1H3. The third kappa shape index (κ3) is 2.18. The Kier molecular flexibility index (Phi) is 3.37. The van der Waals surface area contributed by atoms with Gasteiger partial charge < -0.3 is 15.0 Å². The van der Waals surface area contributed by atoms with Gasteiger partial charge in [0.05, 0.1) is 31.3 Å². The van der Waals surface area contributed by atoms with Gasteiger partial charge in [0, 0.05) is 31.4 Å². The summed E-state index contributed by atoms with van der Waals surface area (Å²) in [6.07, 6.45) is 6.50. The summed E-state index contributed by atoms with van der Waals surface area (Å²) in [7, 11) is 0. The molecule has 1 aromatic rings. The Morgan fingerprint density at radius 1 is 1.56 bits per heavy atom. The highest BCUT2D eigenvalue weighted by Crippen LogP contribution is 2.38. The fourth-order valence-electron chi connectivity index (χ4n) is 2.86. The number of rotatable bonds is 4. The monoisotopic (exact) mass is 250 g/mol. The van der Waals surface area contributed by atoms with Gasteiger partial charge in [0.25, 0.3) is 0 Å². The van der Waals surface area contributed by atoms with E-state index in [9.17, 15) is 0 Å². The number of imidazole rings is 1. The predicted octanol–water partition coefficient (Wildman–Crippen LogP) is 0.939. The molecule has 0 aromatic carbocycles. The van der Waals surface area contributed by atoms with Crippen LogP contribution in [0.25, 0.3) is 0 Å². The van der Waals surface area contributed by atoms with Crippen molar-refractivity contribution in [3.05, 3.63) is 18.2 Å². The van der Waals surface area contributed by atoms with E-state index in [1.54, 1.807) is 0 Å². The molecule has 18 heavy (non-hydrogen) atoms. The highest BCUT2D eigenvalue weighted by atomic mass is 16.5. The van der Waals surface area contributed by atoms with Gasteiger partial charge in [-0.25, -0.2) is 4.98 Å². The first-order valence-electron chi connectivity index (χ1n) is 6.86. The van der Waals surface area contributed by atoms with E-state index in [1.165, 1.54) is 18.5 Å². The number of hydrogen-bond acceptors (Lipinski definition) is 4. The molecule has 0 radical (unpaired) electrons. The molecule has 100 valence electrons. The third-order valence-corrected chi connectivity index (χ3v) is 4.02. The van der Waals surface area contributed by atoms with E-state index in [2.05, 4.69) is 21.4 Å². The maximum Gasteiger partial charge on any atom is 0.0951 e. The summed E-state index contributed by atoms with van der Waals surface area (Å²) in [4.78, 5) is 6.78. The van der Waals surface area contributed by atoms with Crippen LogP contribution in [0.2, 0.25) is 0 Å². The molecule has 1 saturated heterocycles. The van der Waals surface area contributed by atoms with Crippen LogP contribution in [0.3, 0.4) is 0 Å². The molecule has 2 unspecified atom stereocenters. The van der Waals surface area contributed by atoms with Crippen LogP contribution in [0.5, 0.6) is 0 Å². The van der Waals surface area contributed by atoms with Crippen LogP contribution in [0.1, 0.15) is 37.5 Å². The van der Waals surface area contributed by atoms with Crippen molar-refractivity contribution in [1.82, 2.24) is 14.5 Å².